The molecule has 1 aromatic carbocycles. The van der Waals surface area contributed by atoms with Gasteiger partial charge in [-0.1, -0.05) is 27.8 Å². The van der Waals surface area contributed by atoms with E-state index in [9.17, 15) is 0 Å². The number of rotatable bonds is 3. The molecular weight excluding hydrogens is 254 g/mol. The molecule has 15 heavy (non-hydrogen) atoms. The van der Waals surface area contributed by atoms with E-state index in [4.69, 9.17) is 5.11 Å². The van der Waals surface area contributed by atoms with E-state index in [-0.39, 0.29) is 6.61 Å². The van der Waals surface area contributed by atoms with E-state index in [1.54, 1.807) is 0 Å². The predicted octanol–water partition coefficient (Wildman–Crippen LogP) is 1.90. The van der Waals surface area contributed by atoms with Crippen LogP contribution < -0.4 is 5.32 Å². The average molecular weight is 268 g/mol. The Bertz CT molecular complexity index is 379. The summed E-state index contributed by atoms with van der Waals surface area (Å²) in [6, 6.07) is 5.75. The Morgan fingerprint density at radius 1 is 1.47 bits per heavy atom. The third kappa shape index (κ3) is 4.05. The van der Waals surface area contributed by atoms with Crippen molar-refractivity contribution in [3.05, 3.63) is 33.8 Å². The molecule has 2 nitrogen and oxygen atoms in total. The number of hydrogen-bond acceptors (Lipinski definition) is 2. The van der Waals surface area contributed by atoms with Crippen LogP contribution in [0.4, 0.5) is 0 Å². The smallest absolute Gasteiger partial charge is 0.0693 e. The quantitative estimate of drug-likeness (QED) is 0.648. The van der Waals surface area contributed by atoms with Gasteiger partial charge in [0.2, 0.25) is 0 Å². The molecule has 0 spiro atoms. The second-order valence-corrected chi connectivity index (χ2v) is 3.97. The van der Waals surface area contributed by atoms with E-state index in [1.807, 2.05) is 25.2 Å². The second kappa shape index (κ2) is 6.62. The molecule has 0 radical (unpaired) electrons. The zero-order valence-electron chi connectivity index (χ0n) is 8.68. The summed E-state index contributed by atoms with van der Waals surface area (Å²) in [5, 5.41) is 12.1. The molecule has 1 rings (SSSR count). The Kier molecular flexibility index (Phi) is 5.41. The normalized spacial score (nSPS) is 9.53. The minimum absolute atomic E-state index is 0.0343. The summed E-state index contributed by atoms with van der Waals surface area (Å²) in [6.07, 6.45) is 0.834. The molecule has 0 bridgehead atoms. The predicted molar refractivity (Wildman–Crippen MR) is 65.5 cm³/mol. The van der Waals surface area contributed by atoms with Crippen molar-refractivity contribution in [3.63, 3.8) is 0 Å². The Morgan fingerprint density at radius 3 is 2.93 bits per heavy atom. The summed E-state index contributed by atoms with van der Waals surface area (Å²) in [5.41, 5.74) is 1.81. The van der Waals surface area contributed by atoms with Crippen LogP contribution in [0.1, 0.15) is 17.5 Å². The first-order valence-corrected chi connectivity index (χ1v) is 5.60. The third-order valence-corrected chi connectivity index (χ3v) is 2.72. The van der Waals surface area contributed by atoms with Crippen molar-refractivity contribution >= 4 is 15.9 Å². The molecule has 0 aliphatic heterocycles. The first-order chi connectivity index (χ1) is 7.27. The highest BCUT2D eigenvalue weighted by molar-refractivity contribution is 9.10. The molecule has 3 heteroatoms. The molecule has 0 atom stereocenters. The molecule has 0 amide bonds. The maximum atomic E-state index is 9.06. The van der Waals surface area contributed by atoms with Crippen molar-refractivity contribution in [2.45, 2.75) is 13.0 Å². The Balaban J connectivity index is 2.72. The number of halogens is 1. The van der Waals surface area contributed by atoms with Crippen LogP contribution in [0.2, 0.25) is 0 Å². The number of nitrogens with one attached hydrogen (secondary N) is 1. The van der Waals surface area contributed by atoms with Gasteiger partial charge in [0.1, 0.15) is 0 Å². The second-order valence-electron chi connectivity index (χ2n) is 3.12. The maximum Gasteiger partial charge on any atom is 0.0693 e. The minimum Gasteiger partial charge on any atom is -0.392 e. The van der Waals surface area contributed by atoms with E-state index in [0.717, 1.165) is 28.6 Å². The minimum atomic E-state index is 0.0343. The average Bonchev–Trinajstić information content (AvgIpc) is 2.26. The number of aliphatic hydroxyl groups is 1. The highest BCUT2D eigenvalue weighted by atomic mass is 79.9. The Labute approximate surface area is 98.8 Å². The van der Waals surface area contributed by atoms with Crippen molar-refractivity contribution in [1.82, 2.24) is 5.32 Å². The lowest BCUT2D eigenvalue weighted by Crippen LogP contribution is -2.05. The van der Waals surface area contributed by atoms with E-state index < -0.39 is 0 Å². The molecule has 0 aliphatic rings. The summed E-state index contributed by atoms with van der Waals surface area (Å²) >= 11 is 3.37. The topological polar surface area (TPSA) is 32.3 Å². The van der Waals surface area contributed by atoms with Crippen LogP contribution >= 0.6 is 15.9 Å². The summed E-state index contributed by atoms with van der Waals surface area (Å²) in [4.78, 5) is 0. The van der Waals surface area contributed by atoms with E-state index in [0.29, 0.717) is 0 Å². The molecular formula is C12H14BrNO. The van der Waals surface area contributed by atoms with Crippen LogP contribution in [-0.4, -0.2) is 18.7 Å². The first-order valence-electron chi connectivity index (χ1n) is 4.80. The Morgan fingerprint density at radius 2 is 2.27 bits per heavy atom. The van der Waals surface area contributed by atoms with Gasteiger partial charge in [-0.05, 0) is 30.8 Å². The fraction of sp³-hybridized carbons (Fsp3) is 0.333. The number of aliphatic hydroxyl groups excluding tert-OH is 1. The lowest BCUT2D eigenvalue weighted by atomic mass is 10.1. The van der Waals surface area contributed by atoms with Gasteiger partial charge < -0.3 is 10.4 Å². The Hall–Kier alpha value is -0.820. The molecule has 0 aliphatic carbocycles. The summed E-state index contributed by atoms with van der Waals surface area (Å²) in [5.74, 6) is 6.12. The van der Waals surface area contributed by atoms with Gasteiger partial charge in [-0.3, -0.25) is 0 Å². The van der Waals surface area contributed by atoms with Gasteiger partial charge in [0, 0.05) is 23.0 Å². The van der Waals surface area contributed by atoms with E-state index >= 15 is 0 Å². The molecule has 0 aromatic heterocycles. The number of hydrogen-bond donors (Lipinski definition) is 2. The fourth-order valence-corrected chi connectivity index (χ4v) is 1.50. The summed E-state index contributed by atoms with van der Waals surface area (Å²) in [7, 11) is 1.91. The van der Waals surface area contributed by atoms with Crippen molar-refractivity contribution in [1.29, 1.82) is 0 Å². The monoisotopic (exact) mass is 267 g/mol. The van der Waals surface area contributed by atoms with Crippen molar-refractivity contribution in [2.75, 3.05) is 13.6 Å². The highest BCUT2D eigenvalue weighted by Gasteiger charge is 1.98. The van der Waals surface area contributed by atoms with Crippen LogP contribution in [0.3, 0.4) is 0 Å². The largest absolute Gasteiger partial charge is 0.392 e. The van der Waals surface area contributed by atoms with Gasteiger partial charge in [-0.25, -0.2) is 0 Å². The zero-order valence-corrected chi connectivity index (χ0v) is 10.3. The standard InChI is InChI=1S/C12H14BrNO/c1-14-7-3-2-4-10-5-6-12(13)11(8-10)9-15/h5-6,8,14-15H,3,7,9H2,1H3. The molecule has 1 aromatic rings. The lowest BCUT2D eigenvalue weighted by molar-refractivity contribution is 0.281. The van der Waals surface area contributed by atoms with Crippen LogP contribution in [0.15, 0.2) is 22.7 Å². The number of benzene rings is 1. The molecule has 80 valence electrons. The van der Waals surface area contributed by atoms with Gasteiger partial charge in [-0.15, -0.1) is 0 Å². The van der Waals surface area contributed by atoms with E-state index in [2.05, 4.69) is 33.1 Å². The molecule has 0 unspecified atom stereocenters. The molecule has 0 saturated heterocycles. The van der Waals surface area contributed by atoms with Crippen LogP contribution in [0, 0.1) is 11.8 Å². The van der Waals surface area contributed by atoms with Gasteiger partial charge in [-0.2, -0.15) is 0 Å². The van der Waals surface area contributed by atoms with Gasteiger partial charge >= 0.3 is 0 Å². The van der Waals surface area contributed by atoms with Gasteiger partial charge in [0.25, 0.3) is 0 Å². The fourth-order valence-electron chi connectivity index (χ4n) is 1.13. The van der Waals surface area contributed by atoms with Crippen LogP contribution in [0.5, 0.6) is 0 Å². The lowest BCUT2D eigenvalue weighted by Gasteiger charge is -2.00. The first kappa shape index (κ1) is 12.3. The molecule has 2 N–H and O–H groups in total. The van der Waals surface area contributed by atoms with Crippen molar-refractivity contribution < 1.29 is 5.11 Å². The van der Waals surface area contributed by atoms with Crippen molar-refractivity contribution in [3.8, 4) is 11.8 Å². The molecule has 0 saturated carbocycles. The van der Waals surface area contributed by atoms with Crippen LogP contribution in [0.25, 0.3) is 0 Å². The molecule has 0 fully saturated rings. The van der Waals surface area contributed by atoms with Gasteiger partial charge in [0.05, 0.1) is 6.61 Å². The highest BCUT2D eigenvalue weighted by Crippen LogP contribution is 2.17. The van der Waals surface area contributed by atoms with E-state index in [1.165, 1.54) is 0 Å². The maximum absolute atomic E-state index is 9.06. The van der Waals surface area contributed by atoms with Gasteiger partial charge in [0.15, 0.2) is 0 Å². The SMILES string of the molecule is CNCCC#Cc1ccc(Br)c(CO)c1. The molecule has 0 heterocycles. The zero-order chi connectivity index (χ0) is 11.1. The summed E-state index contributed by atoms with van der Waals surface area (Å²) < 4.78 is 0.922. The summed E-state index contributed by atoms with van der Waals surface area (Å²) in [6.45, 7) is 0.934. The van der Waals surface area contributed by atoms with Crippen LogP contribution in [-0.2, 0) is 6.61 Å². The third-order valence-electron chi connectivity index (χ3n) is 1.95. The van der Waals surface area contributed by atoms with Crippen molar-refractivity contribution in [2.24, 2.45) is 0 Å².